The molecule has 112 valence electrons. The molecule has 1 heterocycles. The Kier molecular flexibility index (Phi) is 6.01. The summed E-state index contributed by atoms with van der Waals surface area (Å²) in [5, 5.41) is 0. The van der Waals surface area contributed by atoms with E-state index in [0.717, 1.165) is 43.4 Å². The largest absolute Gasteiger partial charge is 0.381 e. The third-order valence-corrected chi connectivity index (χ3v) is 5.55. The lowest BCUT2D eigenvalue weighted by Crippen LogP contribution is -2.25. The van der Waals surface area contributed by atoms with E-state index in [9.17, 15) is 8.42 Å². The van der Waals surface area contributed by atoms with Crippen LogP contribution in [-0.4, -0.2) is 28.2 Å². The smallest absolute Gasteiger partial charge is 0.240 e. The molecular weight excluding hydrogens is 342 g/mol. The van der Waals surface area contributed by atoms with Crippen LogP contribution in [0.15, 0.2) is 33.6 Å². The van der Waals surface area contributed by atoms with Crippen molar-refractivity contribution in [2.75, 3.05) is 19.8 Å². The first-order valence-corrected chi connectivity index (χ1v) is 9.18. The summed E-state index contributed by atoms with van der Waals surface area (Å²) >= 11 is 3.29. The number of rotatable bonds is 6. The summed E-state index contributed by atoms with van der Waals surface area (Å²) in [6, 6.07) is 6.67. The van der Waals surface area contributed by atoms with E-state index >= 15 is 0 Å². The second-order valence-corrected chi connectivity index (χ2v) is 7.73. The Morgan fingerprint density at radius 2 is 1.85 bits per heavy atom. The molecule has 1 fully saturated rings. The average Bonchev–Trinajstić information content (AvgIpc) is 2.45. The van der Waals surface area contributed by atoms with Gasteiger partial charge in [0.2, 0.25) is 10.0 Å². The molecule has 0 radical (unpaired) electrons. The van der Waals surface area contributed by atoms with Crippen LogP contribution in [0, 0.1) is 5.92 Å². The van der Waals surface area contributed by atoms with Crippen LogP contribution in [0.1, 0.15) is 25.7 Å². The van der Waals surface area contributed by atoms with Gasteiger partial charge >= 0.3 is 0 Å². The zero-order valence-electron chi connectivity index (χ0n) is 11.3. The summed E-state index contributed by atoms with van der Waals surface area (Å²) in [4.78, 5) is 0.312. The first-order chi connectivity index (χ1) is 9.58. The van der Waals surface area contributed by atoms with Crippen LogP contribution in [0.4, 0.5) is 0 Å². The van der Waals surface area contributed by atoms with E-state index in [4.69, 9.17) is 4.74 Å². The quantitative estimate of drug-likeness (QED) is 0.792. The van der Waals surface area contributed by atoms with Crippen LogP contribution in [0.25, 0.3) is 0 Å². The Morgan fingerprint density at radius 3 is 2.50 bits per heavy atom. The molecule has 1 saturated heterocycles. The molecule has 0 spiro atoms. The van der Waals surface area contributed by atoms with Crippen LogP contribution in [0.5, 0.6) is 0 Å². The highest BCUT2D eigenvalue weighted by Gasteiger charge is 2.15. The number of halogens is 1. The molecule has 0 atom stereocenters. The normalized spacial score (nSPS) is 17.2. The van der Waals surface area contributed by atoms with Crippen molar-refractivity contribution in [2.24, 2.45) is 5.92 Å². The zero-order chi connectivity index (χ0) is 14.4. The van der Waals surface area contributed by atoms with Crippen LogP contribution < -0.4 is 4.72 Å². The van der Waals surface area contributed by atoms with E-state index in [1.54, 1.807) is 24.3 Å². The summed E-state index contributed by atoms with van der Waals surface area (Å²) in [6.45, 7) is 2.18. The van der Waals surface area contributed by atoms with E-state index in [2.05, 4.69) is 20.7 Å². The van der Waals surface area contributed by atoms with Crippen molar-refractivity contribution in [3.8, 4) is 0 Å². The van der Waals surface area contributed by atoms with Crippen molar-refractivity contribution in [1.82, 2.24) is 4.72 Å². The Bertz CT molecular complexity index is 510. The summed E-state index contributed by atoms with van der Waals surface area (Å²) in [7, 11) is -3.38. The molecule has 20 heavy (non-hydrogen) atoms. The fraction of sp³-hybridized carbons (Fsp3) is 0.571. The number of ether oxygens (including phenoxy) is 1. The van der Waals surface area contributed by atoms with E-state index < -0.39 is 10.0 Å². The van der Waals surface area contributed by atoms with E-state index in [0.29, 0.717) is 17.4 Å². The van der Waals surface area contributed by atoms with Gasteiger partial charge < -0.3 is 4.74 Å². The van der Waals surface area contributed by atoms with E-state index in [-0.39, 0.29) is 0 Å². The molecule has 1 aromatic carbocycles. The second-order valence-electron chi connectivity index (χ2n) is 5.05. The third-order valence-electron chi connectivity index (χ3n) is 3.55. The van der Waals surface area contributed by atoms with Crippen molar-refractivity contribution >= 4 is 26.0 Å². The molecule has 0 aliphatic carbocycles. The molecule has 4 nitrogen and oxygen atoms in total. The van der Waals surface area contributed by atoms with Crippen LogP contribution in [-0.2, 0) is 14.8 Å². The molecule has 2 rings (SSSR count). The average molecular weight is 362 g/mol. The fourth-order valence-electron chi connectivity index (χ4n) is 2.33. The molecule has 1 aromatic rings. The SMILES string of the molecule is O=S(=O)(NCCCC1CCOCC1)c1ccc(Br)cc1. The highest BCUT2D eigenvalue weighted by Crippen LogP contribution is 2.20. The van der Waals surface area contributed by atoms with Crippen LogP contribution >= 0.6 is 15.9 Å². The van der Waals surface area contributed by atoms with Gasteiger partial charge in [0, 0.05) is 24.2 Å². The molecule has 0 aromatic heterocycles. The zero-order valence-corrected chi connectivity index (χ0v) is 13.7. The first kappa shape index (κ1) is 15.9. The minimum absolute atomic E-state index is 0.312. The third kappa shape index (κ3) is 4.84. The Hall–Kier alpha value is -0.430. The fourth-order valence-corrected chi connectivity index (χ4v) is 3.67. The number of hydrogen-bond acceptors (Lipinski definition) is 3. The number of nitrogens with one attached hydrogen (secondary N) is 1. The topological polar surface area (TPSA) is 55.4 Å². The van der Waals surface area contributed by atoms with Crippen molar-refractivity contribution in [2.45, 2.75) is 30.6 Å². The summed E-state index contributed by atoms with van der Waals surface area (Å²) < 4.78 is 32.9. The van der Waals surface area contributed by atoms with Gasteiger partial charge in [0.05, 0.1) is 4.90 Å². The standard InChI is InChI=1S/C14H20BrNO3S/c15-13-3-5-14(6-4-13)20(17,18)16-9-1-2-12-7-10-19-11-8-12/h3-6,12,16H,1-2,7-11H2. The van der Waals surface area contributed by atoms with E-state index in [1.807, 2.05) is 0 Å². The lowest BCUT2D eigenvalue weighted by molar-refractivity contribution is 0.0634. The van der Waals surface area contributed by atoms with Gasteiger partial charge in [0.15, 0.2) is 0 Å². The van der Waals surface area contributed by atoms with Gasteiger partial charge in [-0.3, -0.25) is 0 Å². The predicted octanol–water partition coefficient (Wildman–Crippen LogP) is 2.93. The summed E-state index contributed by atoms with van der Waals surface area (Å²) in [6.07, 6.45) is 4.13. The van der Waals surface area contributed by atoms with Gasteiger partial charge in [-0.25, -0.2) is 13.1 Å². The molecule has 1 aliphatic heterocycles. The maximum Gasteiger partial charge on any atom is 0.240 e. The van der Waals surface area contributed by atoms with Gasteiger partial charge in [-0.05, 0) is 55.9 Å². The van der Waals surface area contributed by atoms with Gasteiger partial charge in [0.1, 0.15) is 0 Å². The summed E-state index contributed by atoms with van der Waals surface area (Å²) in [5.74, 6) is 0.681. The molecule has 0 saturated carbocycles. The van der Waals surface area contributed by atoms with Gasteiger partial charge in [-0.15, -0.1) is 0 Å². The van der Waals surface area contributed by atoms with E-state index in [1.165, 1.54) is 0 Å². The second kappa shape index (κ2) is 7.54. The first-order valence-electron chi connectivity index (χ1n) is 6.91. The lowest BCUT2D eigenvalue weighted by Gasteiger charge is -2.21. The number of sulfonamides is 1. The summed E-state index contributed by atoms with van der Waals surface area (Å²) in [5.41, 5.74) is 0. The lowest BCUT2D eigenvalue weighted by atomic mass is 9.95. The molecular formula is C14H20BrNO3S. The molecule has 6 heteroatoms. The van der Waals surface area contributed by atoms with Crippen molar-refractivity contribution in [3.63, 3.8) is 0 Å². The molecule has 1 aliphatic rings. The minimum atomic E-state index is -3.38. The van der Waals surface area contributed by atoms with Crippen LogP contribution in [0.2, 0.25) is 0 Å². The molecule has 1 N–H and O–H groups in total. The molecule has 0 bridgehead atoms. The predicted molar refractivity (Wildman–Crippen MR) is 82.1 cm³/mol. The van der Waals surface area contributed by atoms with Crippen molar-refractivity contribution in [3.05, 3.63) is 28.7 Å². The minimum Gasteiger partial charge on any atom is -0.381 e. The van der Waals surface area contributed by atoms with Gasteiger partial charge in [-0.1, -0.05) is 15.9 Å². The van der Waals surface area contributed by atoms with Gasteiger partial charge in [-0.2, -0.15) is 0 Å². The Balaban J connectivity index is 1.76. The van der Waals surface area contributed by atoms with Crippen LogP contribution in [0.3, 0.4) is 0 Å². The number of hydrogen-bond donors (Lipinski definition) is 1. The monoisotopic (exact) mass is 361 g/mol. The Morgan fingerprint density at radius 1 is 1.20 bits per heavy atom. The number of benzene rings is 1. The maximum absolute atomic E-state index is 12.0. The molecule has 0 amide bonds. The Labute approximate surface area is 129 Å². The van der Waals surface area contributed by atoms with Crippen molar-refractivity contribution < 1.29 is 13.2 Å². The molecule has 0 unspecified atom stereocenters. The maximum atomic E-state index is 12.0. The van der Waals surface area contributed by atoms with Gasteiger partial charge in [0.25, 0.3) is 0 Å². The highest BCUT2D eigenvalue weighted by molar-refractivity contribution is 9.10. The highest BCUT2D eigenvalue weighted by atomic mass is 79.9. The van der Waals surface area contributed by atoms with Crippen molar-refractivity contribution in [1.29, 1.82) is 0 Å².